The van der Waals surface area contributed by atoms with E-state index in [1.54, 1.807) is 19.1 Å². The van der Waals surface area contributed by atoms with Crippen LogP contribution in [-0.2, 0) is 6.54 Å². The first-order chi connectivity index (χ1) is 8.16. The predicted octanol–water partition coefficient (Wildman–Crippen LogP) is 1.36. The number of rotatable bonds is 4. The molecule has 1 heterocycles. The number of benzene rings is 1. The van der Waals surface area contributed by atoms with E-state index in [1.807, 2.05) is 0 Å². The number of aryl methyl sites for hydroxylation is 1. The molecule has 0 aliphatic rings. The van der Waals surface area contributed by atoms with E-state index in [0.717, 1.165) is 0 Å². The van der Waals surface area contributed by atoms with Gasteiger partial charge in [-0.1, -0.05) is 11.2 Å². The van der Waals surface area contributed by atoms with Gasteiger partial charge in [-0.15, -0.1) is 0 Å². The third-order valence-electron chi connectivity index (χ3n) is 2.25. The lowest BCUT2D eigenvalue weighted by molar-refractivity contribution is 0.288. The summed E-state index contributed by atoms with van der Waals surface area (Å²) >= 11 is 0. The Kier molecular flexibility index (Phi) is 3.22. The summed E-state index contributed by atoms with van der Waals surface area (Å²) in [7, 11) is 0. The van der Waals surface area contributed by atoms with Crippen LogP contribution in [0.2, 0.25) is 0 Å². The van der Waals surface area contributed by atoms with Crippen LogP contribution in [0, 0.1) is 12.7 Å². The van der Waals surface area contributed by atoms with Crippen LogP contribution in [0.5, 0.6) is 5.75 Å². The summed E-state index contributed by atoms with van der Waals surface area (Å²) in [5.74, 6) is 0.0242. The second-order valence-electron chi connectivity index (χ2n) is 3.45. The van der Waals surface area contributed by atoms with E-state index < -0.39 is 5.76 Å². The molecule has 0 amide bonds. The van der Waals surface area contributed by atoms with Crippen molar-refractivity contribution in [1.29, 1.82) is 0 Å². The molecule has 0 radical (unpaired) electrons. The Balaban J connectivity index is 1.94. The Morgan fingerprint density at radius 1 is 1.53 bits per heavy atom. The molecule has 0 atom stereocenters. The predicted molar refractivity (Wildman–Crippen MR) is 57.4 cm³/mol. The molecule has 0 saturated heterocycles. The molecule has 0 bridgehead atoms. The summed E-state index contributed by atoms with van der Waals surface area (Å²) in [4.78, 5) is 11.2. The molecule has 0 aliphatic carbocycles. The number of halogens is 1. The highest BCUT2D eigenvalue weighted by atomic mass is 19.1. The molecule has 0 saturated carbocycles. The summed E-state index contributed by atoms with van der Waals surface area (Å²) < 4.78 is 23.9. The zero-order chi connectivity index (χ0) is 12.3. The van der Waals surface area contributed by atoms with Crippen LogP contribution < -0.4 is 10.5 Å². The number of nitrogens with zero attached hydrogens (tertiary/aromatic N) is 2. The van der Waals surface area contributed by atoms with E-state index in [9.17, 15) is 9.18 Å². The Hall–Kier alpha value is -2.11. The van der Waals surface area contributed by atoms with Crippen molar-refractivity contribution in [3.63, 3.8) is 0 Å². The van der Waals surface area contributed by atoms with E-state index in [1.165, 1.54) is 16.7 Å². The largest absolute Gasteiger partial charge is 0.492 e. The van der Waals surface area contributed by atoms with Gasteiger partial charge >= 0.3 is 5.76 Å². The first-order valence-corrected chi connectivity index (χ1v) is 5.08. The molecule has 0 spiro atoms. The minimum Gasteiger partial charge on any atom is -0.492 e. The van der Waals surface area contributed by atoms with Crippen LogP contribution in [-0.4, -0.2) is 16.3 Å². The summed E-state index contributed by atoms with van der Waals surface area (Å²) in [5, 5.41) is 3.52. The molecular formula is C11H11FN2O3. The number of hydrogen-bond donors (Lipinski definition) is 0. The first kappa shape index (κ1) is 11.4. The lowest BCUT2D eigenvalue weighted by Gasteiger charge is -2.06. The van der Waals surface area contributed by atoms with Gasteiger partial charge in [0.25, 0.3) is 0 Å². The van der Waals surface area contributed by atoms with Crippen molar-refractivity contribution in [3.05, 3.63) is 46.5 Å². The fourth-order valence-corrected chi connectivity index (χ4v) is 1.40. The summed E-state index contributed by atoms with van der Waals surface area (Å²) in [6, 6.07) is 5.82. The van der Waals surface area contributed by atoms with Crippen LogP contribution in [0.3, 0.4) is 0 Å². The molecular weight excluding hydrogens is 227 g/mol. The van der Waals surface area contributed by atoms with Crippen molar-refractivity contribution in [2.45, 2.75) is 13.5 Å². The van der Waals surface area contributed by atoms with E-state index in [4.69, 9.17) is 4.74 Å². The third kappa shape index (κ3) is 2.72. The van der Waals surface area contributed by atoms with Gasteiger partial charge in [0, 0.05) is 6.07 Å². The molecule has 5 nitrogen and oxygen atoms in total. The first-order valence-electron chi connectivity index (χ1n) is 5.08. The van der Waals surface area contributed by atoms with Gasteiger partial charge in [-0.2, -0.15) is 0 Å². The maximum absolute atomic E-state index is 12.8. The van der Waals surface area contributed by atoms with Gasteiger partial charge in [0.1, 0.15) is 18.2 Å². The minimum atomic E-state index is -0.523. The van der Waals surface area contributed by atoms with Gasteiger partial charge in [-0.25, -0.2) is 9.18 Å². The summed E-state index contributed by atoms with van der Waals surface area (Å²) in [6.45, 7) is 2.21. The normalized spacial score (nSPS) is 10.5. The second-order valence-corrected chi connectivity index (χ2v) is 3.45. The van der Waals surface area contributed by atoms with Crippen molar-refractivity contribution in [2.24, 2.45) is 0 Å². The van der Waals surface area contributed by atoms with Gasteiger partial charge in [0.05, 0.1) is 6.54 Å². The Labute approximate surface area is 96.4 Å². The zero-order valence-corrected chi connectivity index (χ0v) is 9.22. The molecule has 2 aromatic rings. The maximum atomic E-state index is 12.8. The number of hydrogen-bond acceptors (Lipinski definition) is 4. The van der Waals surface area contributed by atoms with Crippen molar-refractivity contribution in [3.8, 4) is 5.75 Å². The van der Waals surface area contributed by atoms with Crippen molar-refractivity contribution >= 4 is 0 Å². The molecule has 0 unspecified atom stereocenters. The highest BCUT2D eigenvalue weighted by Crippen LogP contribution is 2.11. The fraction of sp³-hybridized carbons (Fsp3) is 0.273. The van der Waals surface area contributed by atoms with Crippen molar-refractivity contribution in [1.82, 2.24) is 9.72 Å². The monoisotopic (exact) mass is 238 g/mol. The minimum absolute atomic E-state index is 0.241. The fourth-order valence-electron chi connectivity index (χ4n) is 1.40. The summed E-state index contributed by atoms with van der Waals surface area (Å²) in [6.07, 6.45) is 0. The van der Waals surface area contributed by atoms with Gasteiger partial charge in [-0.05, 0) is 19.1 Å². The maximum Gasteiger partial charge on any atom is 0.441 e. The topological polar surface area (TPSA) is 57.3 Å². The van der Waals surface area contributed by atoms with Crippen molar-refractivity contribution in [2.75, 3.05) is 6.61 Å². The molecule has 2 rings (SSSR count). The standard InChI is InChI=1S/C11H11FN2O3/c1-8-13-17-11(15)14(8)5-6-16-10-4-2-3-9(12)7-10/h2-4,7H,5-6H2,1H3. The lowest BCUT2D eigenvalue weighted by atomic mass is 10.3. The van der Waals surface area contributed by atoms with Crippen LogP contribution in [0.1, 0.15) is 5.82 Å². The molecule has 0 fully saturated rings. The molecule has 0 aliphatic heterocycles. The van der Waals surface area contributed by atoms with E-state index >= 15 is 0 Å². The number of ether oxygens (including phenoxy) is 1. The molecule has 1 aromatic heterocycles. The van der Waals surface area contributed by atoms with Crippen LogP contribution in [0.15, 0.2) is 33.6 Å². The van der Waals surface area contributed by atoms with Gasteiger partial charge in [0.2, 0.25) is 0 Å². The lowest BCUT2D eigenvalue weighted by Crippen LogP contribution is -2.19. The Morgan fingerprint density at radius 2 is 2.35 bits per heavy atom. The van der Waals surface area contributed by atoms with E-state index in [2.05, 4.69) is 9.68 Å². The molecule has 90 valence electrons. The number of aromatic nitrogens is 2. The Bertz CT molecular complexity index is 562. The molecule has 1 aromatic carbocycles. The van der Waals surface area contributed by atoms with E-state index in [-0.39, 0.29) is 12.4 Å². The van der Waals surface area contributed by atoms with Gasteiger partial charge < -0.3 is 4.74 Å². The smallest absolute Gasteiger partial charge is 0.441 e. The van der Waals surface area contributed by atoms with Gasteiger partial charge in [0.15, 0.2) is 5.82 Å². The molecule has 0 N–H and O–H groups in total. The Morgan fingerprint density at radius 3 is 3.00 bits per heavy atom. The molecule has 6 heteroatoms. The van der Waals surface area contributed by atoms with Gasteiger partial charge in [-0.3, -0.25) is 9.09 Å². The van der Waals surface area contributed by atoms with Crippen LogP contribution in [0.4, 0.5) is 4.39 Å². The van der Waals surface area contributed by atoms with E-state index in [0.29, 0.717) is 18.1 Å². The average molecular weight is 238 g/mol. The quantitative estimate of drug-likeness (QED) is 0.807. The van der Waals surface area contributed by atoms with Crippen LogP contribution >= 0.6 is 0 Å². The highest BCUT2D eigenvalue weighted by molar-refractivity contribution is 5.22. The third-order valence-corrected chi connectivity index (χ3v) is 2.25. The van der Waals surface area contributed by atoms with Crippen molar-refractivity contribution < 1.29 is 13.7 Å². The van der Waals surface area contributed by atoms with Crippen LogP contribution in [0.25, 0.3) is 0 Å². The summed E-state index contributed by atoms with van der Waals surface area (Å²) in [5.41, 5.74) is 0. The second kappa shape index (κ2) is 4.82. The molecule has 17 heavy (non-hydrogen) atoms. The highest BCUT2D eigenvalue weighted by Gasteiger charge is 2.05. The average Bonchev–Trinajstić information content (AvgIpc) is 2.61. The SMILES string of the molecule is Cc1noc(=O)n1CCOc1cccc(F)c1. The zero-order valence-electron chi connectivity index (χ0n) is 9.22.